The Labute approximate surface area is 103 Å². The van der Waals surface area contributed by atoms with Crippen LogP contribution in [0, 0.1) is 5.92 Å². The highest BCUT2D eigenvalue weighted by Gasteiger charge is 2.19. The molecule has 0 aromatic heterocycles. The molecule has 0 aliphatic rings. The van der Waals surface area contributed by atoms with Gasteiger partial charge in [-0.3, -0.25) is 4.79 Å². The van der Waals surface area contributed by atoms with E-state index < -0.39 is 11.9 Å². The quantitative estimate of drug-likeness (QED) is 0.797. The zero-order valence-corrected chi connectivity index (χ0v) is 10.5. The van der Waals surface area contributed by atoms with E-state index in [2.05, 4.69) is 13.8 Å². The van der Waals surface area contributed by atoms with Gasteiger partial charge in [-0.25, -0.2) is 0 Å². The summed E-state index contributed by atoms with van der Waals surface area (Å²) < 4.78 is 0. The average molecular weight is 235 g/mol. The third-order valence-electron chi connectivity index (χ3n) is 2.92. The number of rotatable bonds is 6. The summed E-state index contributed by atoms with van der Waals surface area (Å²) >= 11 is 0. The lowest BCUT2D eigenvalue weighted by Gasteiger charge is -2.15. The van der Waals surface area contributed by atoms with Crippen LogP contribution in [0.2, 0.25) is 0 Å². The Morgan fingerprint density at radius 3 is 2.59 bits per heavy atom. The van der Waals surface area contributed by atoms with Gasteiger partial charge in [-0.1, -0.05) is 38.1 Å². The molecule has 17 heavy (non-hydrogen) atoms. The number of hydrogen-bond acceptors (Lipinski definition) is 2. The Bertz CT molecular complexity index is 374. The molecule has 0 aliphatic carbocycles. The highest BCUT2D eigenvalue weighted by atomic mass is 16.4. The molecule has 1 aromatic rings. The fourth-order valence-electron chi connectivity index (χ4n) is 1.87. The van der Waals surface area contributed by atoms with Gasteiger partial charge in [0.15, 0.2) is 0 Å². The molecule has 0 spiro atoms. The van der Waals surface area contributed by atoms with E-state index in [1.165, 1.54) is 0 Å². The van der Waals surface area contributed by atoms with Crippen LogP contribution < -0.4 is 5.73 Å². The molecule has 0 amide bonds. The van der Waals surface area contributed by atoms with Crippen LogP contribution in [0.3, 0.4) is 0 Å². The van der Waals surface area contributed by atoms with Crippen LogP contribution in [-0.2, 0) is 11.3 Å². The fraction of sp³-hybridized carbons (Fsp3) is 0.500. The zero-order chi connectivity index (χ0) is 12.8. The molecule has 0 bridgehead atoms. The van der Waals surface area contributed by atoms with Crippen molar-refractivity contribution in [2.45, 2.75) is 39.2 Å². The lowest BCUT2D eigenvalue weighted by molar-refractivity contribution is -0.139. The van der Waals surface area contributed by atoms with Crippen molar-refractivity contribution >= 4 is 5.97 Å². The van der Waals surface area contributed by atoms with Gasteiger partial charge in [0, 0.05) is 6.54 Å². The second-order valence-electron chi connectivity index (χ2n) is 4.81. The lowest BCUT2D eigenvalue weighted by Crippen LogP contribution is -2.13. The van der Waals surface area contributed by atoms with E-state index in [1.807, 2.05) is 24.3 Å². The molecule has 3 heteroatoms. The van der Waals surface area contributed by atoms with Crippen LogP contribution in [-0.4, -0.2) is 11.1 Å². The summed E-state index contributed by atoms with van der Waals surface area (Å²) in [6, 6.07) is 7.57. The largest absolute Gasteiger partial charge is 0.481 e. The molecule has 0 saturated heterocycles. The number of benzene rings is 1. The summed E-state index contributed by atoms with van der Waals surface area (Å²) in [4.78, 5) is 11.3. The van der Waals surface area contributed by atoms with Gasteiger partial charge in [0.2, 0.25) is 0 Å². The summed E-state index contributed by atoms with van der Waals surface area (Å²) in [5.74, 6) is -0.640. The van der Waals surface area contributed by atoms with E-state index in [0.29, 0.717) is 18.9 Å². The number of aliphatic carboxylic acids is 1. The molecule has 1 atom stereocenters. The van der Waals surface area contributed by atoms with Crippen LogP contribution in [0.25, 0.3) is 0 Å². The van der Waals surface area contributed by atoms with E-state index in [-0.39, 0.29) is 0 Å². The van der Waals surface area contributed by atoms with Crippen LogP contribution >= 0.6 is 0 Å². The van der Waals surface area contributed by atoms with Crippen molar-refractivity contribution in [3.8, 4) is 0 Å². The standard InChI is InChI=1S/C14H21NO2/c1-10(2)6-7-13(14(16)17)12-5-3-4-11(8-12)9-15/h3-5,8,10,13H,6-7,9,15H2,1-2H3,(H,16,17). The predicted molar refractivity (Wildman–Crippen MR) is 68.8 cm³/mol. The highest BCUT2D eigenvalue weighted by Crippen LogP contribution is 2.24. The second kappa shape index (κ2) is 6.40. The van der Waals surface area contributed by atoms with Crippen molar-refractivity contribution in [3.05, 3.63) is 35.4 Å². The Balaban J connectivity index is 2.85. The summed E-state index contributed by atoms with van der Waals surface area (Å²) in [6.07, 6.45) is 1.60. The van der Waals surface area contributed by atoms with E-state index in [9.17, 15) is 9.90 Å². The smallest absolute Gasteiger partial charge is 0.310 e. The lowest BCUT2D eigenvalue weighted by atomic mass is 9.90. The SMILES string of the molecule is CC(C)CCC(C(=O)O)c1cccc(CN)c1. The monoisotopic (exact) mass is 235 g/mol. The van der Waals surface area contributed by atoms with Gasteiger partial charge in [-0.15, -0.1) is 0 Å². The topological polar surface area (TPSA) is 63.3 Å². The summed E-state index contributed by atoms with van der Waals surface area (Å²) in [6.45, 7) is 4.66. The molecular weight excluding hydrogens is 214 g/mol. The zero-order valence-electron chi connectivity index (χ0n) is 10.5. The normalized spacial score (nSPS) is 12.7. The molecule has 94 valence electrons. The fourth-order valence-corrected chi connectivity index (χ4v) is 1.87. The number of carboxylic acids is 1. The maximum Gasteiger partial charge on any atom is 0.310 e. The predicted octanol–water partition coefficient (Wildman–Crippen LogP) is 2.75. The molecule has 1 rings (SSSR count). The van der Waals surface area contributed by atoms with Gasteiger partial charge >= 0.3 is 5.97 Å². The van der Waals surface area contributed by atoms with Crippen LogP contribution in [0.4, 0.5) is 0 Å². The van der Waals surface area contributed by atoms with E-state index in [4.69, 9.17) is 5.73 Å². The first-order chi connectivity index (χ1) is 8.04. The number of hydrogen-bond donors (Lipinski definition) is 2. The molecule has 0 aliphatic heterocycles. The van der Waals surface area contributed by atoms with E-state index in [1.54, 1.807) is 0 Å². The van der Waals surface area contributed by atoms with Gasteiger partial charge in [0.05, 0.1) is 5.92 Å². The third-order valence-corrected chi connectivity index (χ3v) is 2.92. The summed E-state index contributed by atoms with van der Waals surface area (Å²) in [5.41, 5.74) is 7.42. The number of carbonyl (C=O) groups is 1. The van der Waals surface area contributed by atoms with Crippen LogP contribution in [0.5, 0.6) is 0 Å². The maximum atomic E-state index is 11.3. The minimum atomic E-state index is -0.750. The molecule has 1 aromatic carbocycles. The molecule has 0 saturated carbocycles. The Morgan fingerprint density at radius 1 is 1.35 bits per heavy atom. The van der Waals surface area contributed by atoms with Gasteiger partial charge in [-0.05, 0) is 29.9 Å². The average Bonchev–Trinajstić information content (AvgIpc) is 2.28. The van der Waals surface area contributed by atoms with Crippen LogP contribution in [0.15, 0.2) is 24.3 Å². The molecule has 0 radical (unpaired) electrons. The third kappa shape index (κ3) is 4.19. The molecule has 0 heterocycles. The van der Waals surface area contributed by atoms with Gasteiger partial charge in [0.25, 0.3) is 0 Å². The summed E-state index contributed by atoms with van der Waals surface area (Å²) in [7, 11) is 0. The van der Waals surface area contributed by atoms with Gasteiger partial charge in [-0.2, -0.15) is 0 Å². The molecule has 0 fully saturated rings. The first-order valence-electron chi connectivity index (χ1n) is 6.06. The van der Waals surface area contributed by atoms with Crippen molar-refractivity contribution in [1.29, 1.82) is 0 Å². The molecule has 3 N–H and O–H groups in total. The van der Waals surface area contributed by atoms with Crippen molar-refractivity contribution in [2.24, 2.45) is 11.7 Å². The molecule has 3 nitrogen and oxygen atoms in total. The van der Waals surface area contributed by atoms with Gasteiger partial charge < -0.3 is 10.8 Å². The Morgan fingerprint density at radius 2 is 2.06 bits per heavy atom. The van der Waals surface area contributed by atoms with E-state index >= 15 is 0 Å². The van der Waals surface area contributed by atoms with Crippen molar-refractivity contribution in [2.75, 3.05) is 0 Å². The van der Waals surface area contributed by atoms with Gasteiger partial charge in [0.1, 0.15) is 0 Å². The summed E-state index contributed by atoms with van der Waals surface area (Å²) in [5, 5.41) is 9.27. The highest BCUT2D eigenvalue weighted by molar-refractivity contribution is 5.76. The molecule has 1 unspecified atom stereocenters. The maximum absolute atomic E-state index is 11.3. The first-order valence-corrected chi connectivity index (χ1v) is 6.06. The molecular formula is C14H21NO2. The first kappa shape index (κ1) is 13.7. The van der Waals surface area contributed by atoms with Crippen LogP contribution in [0.1, 0.15) is 43.7 Å². The number of nitrogens with two attached hydrogens (primary N) is 1. The minimum absolute atomic E-state index is 0.413. The van der Waals surface area contributed by atoms with Crippen molar-refractivity contribution < 1.29 is 9.90 Å². The second-order valence-corrected chi connectivity index (χ2v) is 4.81. The minimum Gasteiger partial charge on any atom is -0.481 e. The van der Waals surface area contributed by atoms with Crippen molar-refractivity contribution in [1.82, 2.24) is 0 Å². The Hall–Kier alpha value is -1.35. The van der Waals surface area contributed by atoms with E-state index in [0.717, 1.165) is 17.5 Å². The number of carboxylic acid groups (broad SMARTS) is 1. The van der Waals surface area contributed by atoms with Crippen molar-refractivity contribution in [3.63, 3.8) is 0 Å². The Kier molecular flexibility index (Phi) is 5.16.